The monoisotopic (exact) mass is 604 g/mol. The third-order valence-electron chi connectivity index (χ3n) is 5.87. The van der Waals surface area contributed by atoms with Crippen LogP contribution in [0, 0.1) is 6.92 Å². The van der Waals surface area contributed by atoms with Crippen molar-refractivity contribution < 1.29 is 27.6 Å². The first kappa shape index (κ1) is 33.0. The van der Waals surface area contributed by atoms with Crippen LogP contribution in [0.5, 0.6) is 0 Å². The molecule has 0 aliphatic rings. The molecule has 0 unspecified atom stereocenters. The Kier molecular flexibility index (Phi) is 11.3. The molecule has 0 radical (unpaired) electrons. The number of halogens is 3. The second-order valence-electron chi connectivity index (χ2n) is 9.37. The first-order chi connectivity index (χ1) is 20.9. The molecule has 0 bridgehead atoms. The minimum Gasteiger partial charge on any atom is -0.326 e. The fourth-order valence-corrected chi connectivity index (χ4v) is 3.65. The lowest BCUT2D eigenvalue weighted by Gasteiger charge is -2.12. The number of aryl methyl sites for hydroxylation is 1. The number of carbonyl (C=O) groups excluding carboxylic acids is 3. The summed E-state index contributed by atoms with van der Waals surface area (Å²) in [4.78, 5) is 45.1. The van der Waals surface area contributed by atoms with Gasteiger partial charge in [0, 0.05) is 35.1 Å². The minimum atomic E-state index is -4.58. The molecule has 3 aromatic carbocycles. The lowest BCUT2D eigenvalue weighted by Crippen LogP contribution is -2.16. The van der Waals surface area contributed by atoms with Gasteiger partial charge >= 0.3 is 6.18 Å². The number of rotatable bonds is 7. The molecule has 228 valence electrons. The lowest BCUT2D eigenvalue weighted by molar-refractivity contribution is -0.137. The summed E-state index contributed by atoms with van der Waals surface area (Å²) >= 11 is 0. The van der Waals surface area contributed by atoms with Gasteiger partial charge in [0.25, 0.3) is 11.8 Å². The maximum absolute atomic E-state index is 13.0. The average molecular weight is 605 g/mol. The van der Waals surface area contributed by atoms with E-state index in [-0.39, 0.29) is 28.7 Å². The van der Waals surface area contributed by atoms with Gasteiger partial charge in [-0.05, 0) is 74.9 Å². The van der Waals surface area contributed by atoms with Crippen molar-refractivity contribution in [2.45, 2.75) is 33.9 Å². The number of nitrogens with zero attached hydrogens (tertiary/aromatic N) is 2. The summed E-state index contributed by atoms with van der Waals surface area (Å²) in [6.45, 7) is 7.11. The maximum atomic E-state index is 13.0. The molecule has 12 heteroatoms. The topological polar surface area (TPSA) is 125 Å². The van der Waals surface area contributed by atoms with Gasteiger partial charge in [-0.1, -0.05) is 30.4 Å². The second kappa shape index (κ2) is 15.1. The van der Waals surface area contributed by atoms with Crippen molar-refractivity contribution in [2.24, 2.45) is 0 Å². The van der Waals surface area contributed by atoms with Crippen molar-refractivity contribution in [3.05, 3.63) is 114 Å². The number of allylic oxidation sites excluding steroid dienone is 2. The Hall–Kier alpha value is -5.52. The fourth-order valence-electron chi connectivity index (χ4n) is 3.65. The largest absolute Gasteiger partial charge is 0.416 e. The summed E-state index contributed by atoms with van der Waals surface area (Å²) < 4.78 is 39.0. The van der Waals surface area contributed by atoms with Crippen molar-refractivity contribution in [1.82, 2.24) is 9.97 Å². The van der Waals surface area contributed by atoms with Gasteiger partial charge in [-0.25, -0.2) is 9.97 Å². The fraction of sp³-hybridized carbons (Fsp3) is 0.156. The quantitative estimate of drug-likeness (QED) is 0.161. The van der Waals surface area contributed by atoms with Crippen LogP contribution in [0.2, 0.25) is 0 Å². The molecule has 0 saturated carbocycles. The molecule has 0 fully saturated rings. The third kappa shape index (κ3) is 9.79. The molecule has 1 heterocycles. The van der Waals surface area contributed by atoms with Gasteiger partial charge in [-0.2, -0.15) is 13.2 Å². The van der Waals surface area contributed by atoms with Crippen LogP contribution in [-0.4, -0.2) is 27.7 Å². The van der Waals surface area contributed by atoms with Crippen LogP contribution in [0.15, 0.2) is 91.3 Å². The van der Waals surface area contributed by atoms with Crippen LogP contribution in [-0.2, 0) is 11.0 Å². The molecule has 0 saturated heterocycles. The van der Waals surface area contributed by atoms with E-state index in [4.69, 9.17) is 0 Å². The van der Waals surface area contributed by atoms with Crippen molar-refractivity contribution in [1.29, 1.82) is 0 Å². The Morgan fingerprint density at radius 2 is 1.34 bits per heavy atom. The van der Waals surface area contributed by atoms with Gasteiger partial charge in [0.15, 0.2) is 0 Å². The molecule has 0 aliphatic carbocycles. The lowest BCUT2D eigenvalue weighted by atomic mass is 10.1. The van der Waals surface area contributed by atoms with Crippen LogP contribution in [0.4, 0.5) is 41.9 Å². The van der Waals surface area contributed by atoms with Crippen molar-refractivity contribution in [3.63, 3.8) is 0 Å². The van der Waals surface area contributed by atoms with E-state index in [0.717, 1.165) is 18.2 Å². The highest BCUT2D eigenvalue weighted by Gasteiger charge is 2.31. The zero-order valence-electron chi connectivity index (χ0n) is 24.4. The molecule has 0 atom stereocenters. The normalized spacial score (nSPS) is 10.8. The molecule has 0 aliphatic heterocycles. The molecule has 4 N–H and O–H groups in total. The van der Waals surface area contributed by atoms with Crippen LogP contribution in [0.1, 0.15) is 52.6 Å². The highest BCUT2D eigenvalue weighted by molar-refractivity contribution is 6.08. The van der Waals surface area contributed by atoms with E-state index in [9.17, 15) is 27.6 Å². The van der Waals surface area contributed by atoms with E-state index in [1.165, 1.54) is 31.5 Å². The van der Waals surface area contributed by atoms with Crippen LogP contribution in [0.3, 0.4) is 0 Å². The van der Waals surface area contributed by atoms with E-state index < -0.39 is 23.6 Å². The highest BCUT2D eigenvalue weighted by Crippen LogP contribution is 2.30. The van der Waals surface area contributed by atoms with Gasteiger partial charge in [0.05, 0.1) is 23.6 Å². The summed E-state index contributed by atoms with van der Waals surface area (Å²) in [6.07, 6.45) is 2.22. The summed E-state index contributed by atoms with van der Waals surface area (Å²) in [5.74, 6) is -1.19. The van der Waals surface area contributed by atoms with Crippen molar-refractivity contribution in [3.8, 4) is 0 Å². The number of anilines is 5. The van der Waals surface area contributed by atoms with Gasteiger partial charge in [0.1, 0.15) is 0 Å². The summed E-state index contributed by atoms with van der Waals surface area (Å²) in [7, 11) is 0. The van der Waals surface area contributed by atoms with Crippen molar-refractivity contribution >= 4 is 46.4 Å². The molecular weight excluding hydrogens is 573 g/mol. The molecule has 3 amide bonds. The van der Waals surface area contributed by atoms with Gasteiger partial charge in [-0.3, -0.25) is 14.4 Å². The summed E-state index contributed by atoms with van der Waals surface area (Å²) in [5.41, 5.74) is 1.51. The maximum Gasteiger partial charge on any atom is 0.416 e. The van der Waals surface area contributed by atoms with E-state index in [2.05, 4.69) is 31.2 Å². The van der Waals surface area contributed by atoms with Crippen molar-refractivity contribution in [2.75, 3.05) is 21.3 Å². The molecule has 9 nitrogen and oxygen atoms in total. The third-order valence-corrected chi connectivity index (χ3v) is 5.87. The molecule has 4 aromatic rings. The van der Waals surface area contributed by atoms with Gasteiger partial charge in [-0.15, -0.1) is 0 Å². The second-order valence-corrected chi connectivity index (χ2v) is 9.37. The van der Waals surface area contributed by atoms with E-state index in [1.807, 2.05) is 26.0 Å². The van der Waals surface area contributed by atoms with Gasteiger partial charge in [0.2, 0.25) is 11.9 Å². The first-order valence-corrected chi connectivity index (χ1v) is 13.3. The number of aromatic nitrogens is 2. The van der Waals surface area contributed by atoms with E-state index in [1.54, 1.807) is 43.3 Å². The Morgan fingerprint density at radius 3 is 1.98 bits per heavy atom. The Labute approximate surface area is 252 Å². The van der Waals surface area contributed by atoms with Crippen LogP contribution < -0.4 is 21.3 Å². The number of benzene rings is 3. The molecular formula is C32H31F3N6O3. The number of amides is 3. The first-order valence-electron chi connectivity index (χ1n) is 13.3. The van der Waals surface area contributed by atoms with Crippen LogP contribution in [0.25, 0.3) is 0 Å². The van der Waals surface area contributed by atoms with E-state index >= 15 is 0 Å². The number of alkyl halides is 3. The van der Waals surface area contributed by atoms with E-state index in [0.29, 0.717) is 22.6 Å². The number of hydrogen-bond donors (Lipinski definition) is 4. The molecule has 4 rings (SSSR count). The Balaban J connectivity index is 0.00000124. The zero-order chi connectivity index (χ0) is 32.3. The Morgan fingerprint density at radius 1 is 0.727 bits per heavy atom. The minimum absolute atomic E-state index is 0.172. The molecule has 1 aromatic heterocycles. The predicted molar refractivity (Wildman–Crippen MR) is 165 cm³/mol. The number of hydrogen-bond acceptors (Lipinski definition) is 6. The molecule has 0 spiro atoms. The molecule has 44 heavy (non-hydrogen) atoms. The standard InChI is InChI=1S/C28H23F3N6O3.C4H8/c1-16-9-10-22(35-25(39)18-5-3-6-19(11-18)28(29,30)31)13-24(16)26(40)36-23-14-32-27(33-15-23)37-21-8-4-7-20(12-21)34-17(2)38;1-3-4-2/h3-15H,1-2H3,(H,34,38)(H,35,39)(H,36,40)(H,32,33,37);3-4H,1-2H3/b;4-3+. The Bertz CT molecular complexity index is 1650. The number of nitrogens with one attached hydrogen (secondary N) is 4. The van der Waals surface area contributed by atoms with Crippen LogP contribution >= 0.6 is 0 Å². The summed E-state index contributed by atoms with van der Waals surface area (Å²) in [6, 6.07) is 15.6. The average Bonchev–Trinajstić information content (AvgIpc) is 2.98. The summed E-state index contributed by atoms with van der Waals surface area (Å²) in [5, 5.41) is 10.9. The zero-order valence-corrected chi connectivity index (χ0v) is 24.4. The van der Waals surface area contributed by atoms with Gasteiger partial charge < -0.3 is 21.3 Å². The smallest absolute Gasteiger partial charge is 0.326 e. The SMILES string of the molecule is C/C=C/C.CC(=O)Nc1cccc(Nc2ncc(NC(=O)c3cc(NC(=O)c4cccc(C(F)(F)F)c4)ccc3C)cn2)c1. The number of carbonyl (C=O) groups is 3. The highest BCUT2D eigenvalue weighted by atomic mass is 19.4. The predicted octanol–water partition coefficient (Wildman–Crippen LogP) is 7.59.